The zero-order chi connectivity index (χ0) is 28.8. The molecule has 1 heterocycles. The predicted octanol–water partition coefficient (Wildman–Crippen LogP) is -1.93. The molecule has 1 aromatic heterocycles. The SMILES string of the molecule is NCCCCC(N)C(=O)NC(Cc1ccccc1)C(=O)NC(CC(N)=O)C(=O)NC(Cc1cnc[nH]1)C(=O)O. The molecular weight excluding hydrogens is 508 g/mol. The van der Waals surface area contributed by atoms with Gasteiger partial charge in [0.25, 0.3) is 0 Å². The number of unbranched alkanes of at least 4 members (excludes halogenated alkanes) is 1. The summed E-state index contributed by atoms with van der Waals surface area (Å²) in [4.78, 5) is 69.0. The molecule has 14 heteroatoms. The molecule has 0 saturated heterocycles. The Morgan fingerprint density at radius 1 is 0.897 bits per heavy atom. The summed E-state index contributed by atoms with van der Waals surface area (Å²) < 4.78 is 0. The van der Waals surface area contributed by atoms with Crippen LogP contribution in [0.25, 0.3) is 0 Å². The Hall–Kier alpha value is -4.30. The van der Waals surface area contributed by atoms with Crippen molar-refractivity contribution in [2.24, 2.45) is 17.2 Å². The van der Waals surface area contributed by atoms with Gasteiger partial charge in [-0.25, -0.2) is 9.78 Å². The molecule has 0 fully saturated rings. The van der Waals surface area contributed by atoms with Gasteiger partial charge in [0, 0.05) is 24.7 Å². The average molecular weight is 545 g/mol. The van der Waals surface area contributed by atoms with Gasteiger partial charge >= 0.3 is 5.97 Å². The van der Waals surface area contributed by atoms with Crippen molar-refractivity contribution >= 4 is 29.6 Å². The molecule has 2 aromatic rings. The van der Waals surface area contributed by atoms with E-state index in [-0.39, 0.29) is 12.8 Å². The van der Waals surface area contributed by atoms with Crippen LogP contribution in [0.3, 0.4) is 0 Å². The molecule has 0 aliphatic heterocycles. The summed E-state index contributed by atoms with van der Waals surface area (Å²) in [5.74, 6) is -4.51. The third-order valence-electron chi connectivity index (χ3n) is 5.85. The van der Waals surface area contributed by atoms with E-state index < -0.39 is 60.2 Å². The second kappa shape index (κ2) is 15.8. The largest absolute Gasteiger partial charge is 0.480 e. The number of nitrogens with two attached hydrogens (primary N) is 3. The summed E-state index contributed by atoms with van der Waals surface area (Å²) in [5, 5.41) is 16.9. The fourth-order valence-electron chi connectivity index (χ4n) is 3.75. The van der Waals surface area contributed by atoms with Crippen molar-refractivity contribution in [3.8, 4) is 0 Å². The molecular formula is C25H36N8O6. The highest BCUT2D eigenvalue weighted by atomic mass is 16.4. The molecule has 0 spiro atoms. The highest BCUT2D eigenvalue weighted by Crippen LogP contribution is 2.07. The molecule has 39 heavy (non-hydrogen) atoms. The van der Waals surface area contributed by atoms with Gasteiger partial charge in [0.2, 0.25) is 23.6 Å². The van der Waals surface area contributed by atoms with E-state index in [4.69, 9.17) is 17.2 Å². The monoisotopic (exact) mass is 544 g/mol. The van der Waals surface area contributed by atoms with E-state index in [1.54, 1.807) is 30.3 Å². The van der Waals surface area contributed by atoms with E-state index in [1.165, 1.54) is 12.5 Å². The van der Waals surface area contributed by atoms with Gasteiger partial charge in [0.1, 0.15) is 18.1 Å². The second-order valence-corrected chi connectivity index (χ2v) is 9.05. The van der Waals surface area contributed by atoms with Gasteiger partial charge < -0.3 is 43.2 Å². The second-order valence-electron chi connectivity index (χ2n) is 9.05. The van der Waals surface area contributed by atoms with Gasteiger partial charge in [-0.15, -0.1) is 0 Å². The number of hydrogen-bond acceptors (Lipinski definition) is 8. The van der Waals surface area contributed by atoms with Crippen LogP contribution in [0.2, 0.25) is 0 Å². The number of aromatic amines is 1. The van der Waals surface area contributed by atoms with Gasteiger partial charge in [0.15, 0.2) is 0 Å². The van der Waals surface area contributed by atoms with E-state index >= 15 is 0 Å². The summed E-state index contributed by atoms with van der Waals surface area (Å²) in [6.45, 7) is 0.460. The van der Waals surface area contributed by atoms with Crippen LogP contribution >= 0.6 is 0 Å². The minimum Gasteiger partial charge on any atom is -0.480 e. The zero-order valence-corrected chi connectivity index (χ0v) is 21.5. The number of carboxylic acids is 1. The number of H-pyrrole nitrogens is 1. The lowest BCUT2D eigenvalue weighted by Crippen LogP contribution is -2.58. The Bertz CT molecular complexity index is 1100. The molecule has 14 nitrogen and oxygen atoms in total. The number of imidazole rings is 1. The van der Waals surface area contributed by atoms with E-state index in [0.717, 1.165) is 5.56 Å². The molecule has 0 radical (unpaired) electrons. The van der Waals surface area contributed by atoms with Crippen LogP contribution < -0.4 is 33.2 Å². The summed E-state index contributed by atoms with van der Waals surface area (Å²) in [6, 6.07) is 3.93. The maximum absolute atomic E-state index is 13.3. The van der Waals surface area contributed by atoms with Crippen LogP contribution in [0.1, 0.15) is 36.9 Å². The zero-order valence-electron chi connectivity index (χ0n) is 21.5. The highest BCUT2D eigenvalue weighted by molar-refractivity contribution is 5.96. The third kappa shape index (κ3) is 10.9. The Morgan fingerprint density at radius 3 is 2.13 bits per heavy atom. The maximum Gasteiger partial charge on any atom is 0.326 e. The number of benzene rings is 1. The van der Waals surface area contributed by atoms with Crippen LogP contribution in [0.4, 0.5) is 0 Å². The van der Waals surface area contributed by atoms with Crippen molar-refractivity contribution < 1.29 is 29.1 Å². The van der Waals surface area contributed by atoms with Crippen molar-refractivity contribution in [2.75, 3.05) is 6.54 Å². The van der Waals surface area contributed by atoms with E-state index in [0.29, 0.717) is 31.5 Å². The van der Waals surface area contributed by atoms with Gasteiger partial charge in [-0.2, -0.15) is 0 Å². The van der Waals surface area contributed by atoms with Gasteiger partial charge in [-0.1, -0.05) is 36.8 Å². The minimum absolute atomic E-state index is 0.0659. The van der Waals surface area contributed by atoms with Gasteiger partial charge in [-0.3, -0.25) is 19.2 Å². The van der Waals surface area contributed by atoms with Crippen molar-refractivity contribution in [3.63, 3.8) is 0 Å². The number of aromatic nitrogens is 2. The number of carboxylic acid groups (broad SMARTS) is 1. The standard InChI is InChI=1S/C25H36N8O6/c26-9-5-4-8-17(27)22(35)31-18(10-15-6-2-1-3-7-15)23(36)32-19(12-21(28)34)24(37)33-20(25(38)39)11-16-13-29-14-30-16/h1-3,6-7,13-14,17-20H,4-5,8-12,26-27H2,(H2,28,34)(H,29,30)(H,31,35)(H,32,36)(H,33,37)(H,38,39). The van der Waals surface area contributed by atoms with Gasteiger partial charge in [-0.05, 0) is 24.9 Å². The number of carbonyl (C=O) groups is 5. The number of nitrogens with zero attached hydrogens (tertiary/aromatic N) is 1. The van der Waals surface area contributed by atoms with Crippen LogP contribution in [-0.2, 0) is 36.8 Å². The van der Waals surface area contributed by atoms with Crippen molar-refractivity contribution in [1.82, 2.24) is 25.9 Å². The summed E-state index contributed by atoms with van der Waals surface area (Å²) in [7, 11) is 0. The van der Waals surface area contributed by atoms with Crippen LogP contribution in [0, 0.1) is 0 Å². The Morgan fingerprint density at radius 2 is 1.54 bits per heavy atom. The Labute approximate surface area is 225 Å². The topological polar surface area (TPSA) is 248 Å². The van der Waals surface area contributed by atoms with E-state index in [2.05, 4.69) is 25.9 Å². The minimum atomic E-state index is -1.49. The molecule has 4 unspecified atom stereocenters. The number of amides is 4. The summed E-state index contributed by atoms with van der Waals surface area (Å²) in [6.07, 6.45) is 3.80. The molecule has 4 atom stereocenters. The number of carbonyl (C=O) groups excluding carboxylic acids is 4. The third-order valence-corrected chi connectivity index (χ3v) is 5.85. The number of rotatable bonds is 17. The maximum atomic E-state index is 13.3. The Balaban J connectivity index is 2.18. The first kappa shape index (κ1) is 30.9. The normalized spacial score (nSPS) is 13.9. The number of hydrogen-bond donors (Lipinski definition) is 8. The van der Waals surface area contributed by atoms with Crippen molar-refractivity contribution in [3.05, 3.63) is 54.1 Å². The smallest absolute Gasteiger partial charge is 0.326 e. The lowest BCUT2D eigenvalue weighted by Gasteiger charge is -2.25. The highest BCUT2D eigenvalue weighted by Gasteiger charge is 2.31. The number of aliphatic carboxylic acids is 1. The van der Waals surface area contributed by atoms with Crippen molar-refractivity contribution in [1.29, 1.82) is 0 Å². The summed E-state index contributed by atoms with van der Waals surface area (Å²) >= 11 is 0. The van der Waals surface area contributed by atoms with Crippen molar-refractivity contribution in [2.45, 2.75) is 62.7 Å². The first-order valence-electron chi connectivity index (χ1n) is 12.5. The molecule has 0 aliphatic rings. The van der Waals surface area contributed by atoms with Crippen LogP contribution in [-0.4, -0.2) is 75.4 Å². The first-order chi connectivity index (χ1) is 18.6. The first-order valence-corrected chi connectivity index (χ1v) is 12.5. The van der Waals surface area contributed by atoms with E-state index in [1.807, 2.05) is 0 Å². The number of nitrogens with one attached hydrogen (secondary N) is 4. The molecule has 0 aliphatic carbocycles. The molecule has 0 saturated carbocycles. The number of primary amides is 1. The lowest BCUT2D eigenvalue weighted by atomic mass is 10.0. The molecule has 2 rings (SSSR count). The van der Waals surface area contributed by atoms with Crippen LogP contribution in [0.5, 0.6) is 0 Å². The molecule has 212 valence electrons. The molecule has 11 N–H and O–H groups in total. The lowest BCUT2D eigenvalue weighted by molar-refractivity contribution is -0.142. The fourth-order valence-corrected chi connectivity index (χ4v) is 3.75. The molecule has 0 bridgehead atoms. The Kier molecular flexibility index (Phi) is 12.6. The molecule has 4 amide bonds. The quantitative estimate of drug-likeness (QED) is 0.103. The summed E-state index contributed by atoms with van der Waals surface area (Å²) in [5.41, 5.74) is 17.9. The van der Waals surface area contributed by atoms with Crippen LogP contribution in [0.15, 0.2) is 42.9 Å². The average Bonchev–Trinajstić information content (AvgIpc) is 3.41. The van der Waals surface area contributed by atoms with E-state index in [9.17, 15) is 29.1 Å². The van der Waals surface area contributed by atoms with Gasteiger partial charge in [0.05, 0.1) is 18.8 Å². The fraction of sp³-hybridized carbons (Fsp3) is 0.440. The molecule has 1 aromatic carbocycles. The predicted molar refractivity (Wildman–Crippen MR) is 141 cm³/mol.